The van der Waals surface area contributed by atoms with Gasteiger partial charge in [-0.05, 0) is 18.6 Å². The average Bonchev–Trinajstić information content (AvgIpc) is 2.07. The summed E-state index contributed by atoms with van der Waals surface area (Å²) in [5, 5.41) is 0.790. The van der Waals surface area contributed by atoms with Gasteiger partial charge >= 0.3 is 0 Å². The van der Waals surface area contributed by atoms with Crippen molar-refractivity contribution in [2.75, 3.05) is 5.75 Å². The first-order valence-electron chi connectivity index (χ1n) is 3.77. The van der Waals surface area contributed by atoms with Crippen LogP contribution in [0.2, 0.25) is 5.02 Å². The minimum atomic E-state index is 0.740. The van der Waals surface area contributed by atoms with E-state index in [2.05, 4.69) is 18.7 Å². The van der Waals surface area contributed by atoms with E-state index in [0.717, 1.165) is 16.3 Å². The SMILES string of the molecule is Cc1ccc(Cl)c(C=CCS)c1. The van der Waals surface area contributed by atoms with E-state index in [1.54, 1.807) is 0 Å². The molecule has 0 radical (unpaired) electrons. The molecule has 0 fully saturated rings. The van der Waals surface area contributed by atoms with E-state index in [9.17, 15) is 0 Å². The second-order valence-corrected chi connectivity index (χ2v) is 3.38. The zero-order valence-corrected chi connectivity index (χ0v) is 8.57. The maximum absolute atomic E-state index is 5.96. The molecule has 0 unspecified atom stereocenters. The fourth-order valence-electron chi connectivity index (χ4n) is 0.971. The molecule has 0 N–H and O–H groups in total. The van der Waals surface area contributed by atoms with Crippen molar-refractivity contribution < 1.29 is 0 Å². The van der Waals surface area contributed by atoms with Gasteiger partial charge in [0.15, 0.2) is 0 Å². The summed E-state index contributed by atoms with van der Waals surface area (Å²) < 4.78 is 0. The Balaban J connectivity index is 2.97. The van der Waals surface area contributed by atoms with E-state index in [-0.39, 0.29) is 0 Å². The smallest absolute Gasteiger partial charge is 0.0478 e. The van der Waals surface area contributed by atoms with Gasteiger partial charge in [-0.3, -0.25) is 0 Å². The van der Waals surface area contributed by atoms with Gasteiger partial charge in [0.2, 0.25) is 0 Å². The third kappa shape index (κ3) is 2.58. The standard InChI is InChI=1S/C10H11ClS/c1-8-4-5-10(11)9(7-8)3-2-6-12/h2-5,7,12H,6H2,1H3. The van der Waals surface area contributed by atoms with Crippen molar-refractivity contribution in [3.05, 3.63) is 40.4 Å². The number of thiol groups is 1. The van der Waals surface area contributed by atoms with Crippen LogP contribution in [0, 0.1) is 6.92 Å². The van der Waals surface area contributed by atoms with Crippen molar-refractivity contribution in [2.45, 2.75) is 6.92 Å². The largest absolute Gasteiger partial charge is 0.175 e. The van der Waals surface area contributed by atoms with Crippen LogP contribution in [0.15, 0.2) is 24.3 Å². The van der Waals surface area contributed by atoms with Crippen LogP contribution < -0.4 is 0 Å². The molecule has 0 aliphatic rings. The first kappa shape index (κ1) is 9.69. The number of aryl methyl sites for hydroxylation is 1. The molecular weight excluding hydrogens is 188 g/mol. The zero-order valence-electron chi connectivity index (χ0n) is 6.92. The molecule has 0 atom stereocenters. The third-order valence-corrected chi connectivity index (χ3v) is 2.11. The van der Waals surface area contributed by atoms with Gasteiger partial charge in [-0.2, -0.15) is 12.6 Å². The van der Waals surface area contributed by atoms with Crippen molar-refractivity contribution in [2.24, 2.45) is 0 Å². The minimum absolute atomic E-state index is 0.740. The molecule has 0 aliphatic heterocycles. The van der Waals surface area contributed by atoms with E-state index < -0.39 is 0 Å². The van der Waals surface area contributed by atoms with Crippen molar-refractivity contribution >= 4 is 30.3 Å². The highest BCUT2D eigenvalue weighted by Crippen LogP contribution is 2.18. The lowest BCUT2D eigenvalue weighted by Gasteiger charge is -1.98. The van der Waals surface area contributed by atoms with E-state index in [0.29, 0.717) is 0 Å². The fourth-order valence-corrected chi connectivity index (χ4v) is 1.26. The molecule has 12 heavy (non-hydrogen) atoms. The van der Waals surface area contributed by atoms with Crippen LogP contribution in [-0.4, -0.2) is 5.75 Å². The second-order valence-electron chi connectivity index (χ2n) is 2.61. The fraction of sp³-hybridized carbons (Fsp3) is 0.200. The number of hydrogen-bond acceptors (Lipinski definition) is 1. The zero-order chi connectivity index (χ0) is 8.97. The van der Waals surface area contributed by atoms with Crippen LogP contribution in [0.3, 0.4) is 0 Å². The minimum Gasteiger partial charge on any atom is -0.175 e. The van der Waals surface area contributed by atoms with Crippen molar-refractivity contribution in [1.82, 2.24) is 0 Å². The summed E-state index contributed by atoms with van der Waals surface area (Å²) >= 11 is 10.0. The van der Waals surface area contributed by atoms with Crippen LogP contribution in [-0.2, 0) is 0 Å². The second kappa shape index (κ2) is 4.58. The lowest BCUT2D eigenvalue weighted by atomic mass is 10.1. The average molecular weight is 199 g/mol. The van der Waals surface area contributed by atoms with Crippen molar-refractivity contribution in [3.63, 3.8) is 0 Å². The Labute approximate surface area is 83.7 Å². The molecule has 0 nitrogen and oxygen atoms in total. The molecule has 0 spiro atoms. The summed E-state index contributed by atoms with van der Waals surface area (Å²) in [6, 6.07) is 5.97. The summed E-state index contributed by atoms with van der Waals surface area (Å²) in [6.07, 6.45) is 3.96. The topological polar surface area (TPSA) is 0 Å². The highest BCUT2D eigenvalue weighted by Gasteiger charge is 1.94. The number of hydrogen-bond donors (Lipinski definition) is 1. The predicted molar refractivity (Wildman–Crippen MR) is 59.1 cm³/mol. The molecule has 1 rings (SSSR count). The molecule has 0 aromatic heterocycles. The van der Waals surface area contributed by atoms with Crippen LogP contribution in [0.5, 0.6) is 0 Å². The van der Waals surface area contributed by atoms with Gasteiger partial charge in [0.05, 0.1) is 0 Å². The van der Waals surface area contributed by atoms with E-state index in [4.69, 9.17) is 11.6 Å². The first-order valence-corrected chi connectivity index (χ1v) is 4.78. The molecule has 0 heterocycles. The Morgan fingerprint density at radius 2 is 2.25 bits per heavy atom. The predicted octanol–water partition coefficient (Wildman–Crippen LogP) is 3.59. The maximum atomic E-state index is 5.96. The molecule has 1 aromatic rings. The molecule has 0 saturated carbocycles. The molecule has 0 saturated heterocycles. The van der Waals surface area contributed by atoms with Gasteiger partial charge in [-0.25, -0.2) is 0 Å². The summed E-state index contributed by atoms with van der Waals surface area (Å²) in [7, 11) is 0. The Kier molecular flexibility index (Phi) is 3.70. The van der Waals surface area contributed by atoms with Crippen LogP contribution in [0.4, 0.5) is 0 Å². The summed E-state index contributed by atoms with van der Waals surface area (Å²) in [5.74, 6) is 0.740. The Morgan fingerprint density at radius 3 is 2.92 bits per heavy atom. The van der Waals surface area contributed by atoms with Crippen molar-refractivity contribution in [1.29, 1.82) is 0 Å². The van der Waals surface area contributed by atoms with Crippen LogP contribution in [0.1, 0.15) is 11.1 Å². The number of rotatable bonds is 2. The third-order valence-electron chi connectivity index (χ3n) is 1.55. The van der Waals surface area contributed by atoms with Gasteiger partial charge in [0, 0.05) is 10.8 Å². The molecule has 0 bridgehead atoms. The monoisotopic (exact) mass is 198 g/mol. The molecule has 2 heteroatoms. The van der Waals surface area contributed by atoms with Gasteiger partial charge in [-0.1, -0.05) is 41.4 Å². The lowest BCUT2D eigenvalue weighted by molar-refractivity contribution is 1.46. The van der Waals surface area contributed by atoms with E-state index in [1.807, 2.05) is 31.2 Å². The van der Waals surface area contributed by atoms with Gasteiger partial charge in [-0.15, -0.1) is 0 Å². The van der Waals surface area contributed by atoms with Crippen molar-refractivity contribution in [3.8, 4) is 0 Å². The number of benzene rings is 1. The van der Waals surface area contributed by atoms with Gasteiger partial charge in [0.1, 0.15) is 0 Å². The Morgan fingerprint density at radius 1 is 1.50 bits per heavy atom. The summed E-state index contributed by atoms with van der Waals surface area (Å²) in [6.45, 7) is 2.05. The summed E-state index contributed by atoms with van der Waals surface area (Å²) in [4.78, 5) is 0. The Hall–Kier alpha value is -0.400. The highest BCUT2D eigenvalue weighted by molar-refractivity contribution is 7.80. The number of halogens is 1. The maximum Gasteiger partial charge on any atom is 0.0478 e. The highest BCUT2D eigenvalue weighted by atomic mass is 35.5. The van der Waals surface area contributed by atoms with Crippen LogP contribution >= 0.6 is 24.2 Å². The molecule has 0 aliphatic carbocycles. The van der Waals surface area contributed by atoms with E-state index >= 15 is 0 Å². The van der Waals surface area contributed by atoms with E-state index in [1.165, 1.54) is 5.56 Å². The van der Waals surface area contributed by atoms with Gasteiger partial charge < -0.3 is 0 Å². The normalized spacial score (nSPS) is 10.9. The Bertz CT molecular complexity index is 292. The van der Waals surface area contributed by atoms with Crippen LogP contribution in [0.25, 0.3) is 6.08 Å². The van der Waals surface area contributed by atoms with Gasteiger partial charge in [0.25, 0.3) is 0 Å². The summed E-state index contributed by atoms with van der Waals surface area (Å²) in [5.41, 5.74) is 2.28. The lowest BCUT2D eigenvalue weighted by Crippen LogP contribution is -1.77. The molecule has 1 aromatic carbocycles. The molecular formula is C10H11ClS. The molecule has 0 amide bonds. The quantitative estimate of drug-likeness (QED) is 0.690. The first-order chi connectivity index (χ1) is 5.74. The molecule has 64 valence electrons.